The number of ether oxygens (including phenoxy) is 1. The van der Waals surface area contributed by atoms with Gasteiger partial charge in [-0.05, 0) is 32.2 Å². The molecule has 0 spiro atoms. The van der Waals surface area contributed by atoms with Gasteiger partial charge in [0.05, 0.1) is 0 Å². The normalized spacial score (nSPS) is 17.8. The lowest BCUT2D eigenvalue weighted by molar-refractivity contribution is -0.152. The summed E-state index contributed by atoms with van der Waals surface area (Å²) in [6.45, 7) is 3.26. The zero-order valence-electron chi connectivity index (χ0n) is 16.1. The Morgan fingerprint density at radius 3 is 1.88 bits per heavy atom. The molecule has 1 rings (SSSR count). The first-order chi connectivity index (χ1) is 11.8. The number of carbonyl (C=O) groups is 1. The van der Waals surface area contributed by atoms with Crippen LogP contribution in [-0.2, 0) is 9.53 Å². The van der Waals surface area contributed by atoms with Crippen molar-refractivity contribution in [1.29, 1.82) is 0 Å². The first kappa shape index (κ1) is 21.5. The molecule has 0 amide bonds. The summed E-state index contributed by atoms with van der Waals surface area (Å²) >= 11 is 0. The lowest BCUT2D eigenvalue weighted by atomic mass is 10.0. The zero-order chi connectivity index (χ0) is 17.3. The summed E-state index contributed by atoms with van der Waals surface area (Å²) in [6.07, 6.45) is 21.3. The first-order valence-electron chi connectivity index (χ1n) is 10.8. The molecule has 1 N–H and O–H groups in total. The highest BCUT2D eigenvalue weighted by Gasteiger charge is 2.16. The molecule has 1 fully saturated rings. The number of unbranched alkanes of at least 4 members (excludes halogenated alkanes) is 12. The maximum Gasteiger partial charge on any atom is 0.307 e. The minimum Gasteiger partial charge on any atom is -0.447 e. The van der Waals surface area contributed by atoms with Crippen LogP contribution in [0.5, 0.6) is 0 Å². The van der Waals surface area contributed by atoms with Crippen molar-refractivity contribution in [3.8, 4) is 0 Å². The van der Waals surface area contributed by atoms with Crippen LogP contribution in [-0.4, -0.2) is 18.7 Å². The fourth-order valence-corrected chi connectivity index (χ4v) is 3.43. The van der Waals surface area contributed by atoms with Crippen molar-refractivity contribution in [1.82, 2.24) is 5.32 Å². The molecule has 0 radical (unpaired) electrons. The van der Waals surface area contributed by atoms with Crippen LogP contribution in [0.3, 0.4) is 0 Å². The minimum absolute atomic E-state index is 0.0162. The van der Waals surface area contributed by atoms with E-state index in [1.165, 1.54) is 89.9 Å². The molecule has 3 nitrogen and oxygen atoms in total. The third kappa shape index (κ3) is 12.8. The zero-order valence-corrected chi connectivity index (χ0v) is 16.1. The van der Waals surface area contributed by atoms with Gasteiger partial charge in [-0.1, -0.05) is 84.0 Å². The fourth-order valence-electron chi connectivity index (χ4n) is 3.43. The van der Waals surface area contributed by atoms with Crippen molar-refractivity contribution in [3.63, 3.8) is 0 Å². The van der Waals surface area contributed by atoms with Gasteiger partial charge in [0.1, 0.15) is 0 Å². The van der Waals surface area contributed by atoms with E-state index in [1.54, 1.807) is 0 Å². The third-order valence-corrected chi connectivity index (χ3v) is 5.02. The highest BCUT2D eigenvalue weighted by molar-refractivity contribution is 5.69. The van der Waals surface area contributed by atoms with E-state index in [0.717, 1.165) is 19.4 Å². The number of hydrogen-bond donors (Lipinski definition) is 1. The summed E-state index contributed by atoms with van der Waals surface area (Å²) in [6, 6.07) is 0. The predicted molar refractivity (Wildman–Crippen MR) is 102 cm³/mol. The Kier molecular flexibility index (Phi) is 14.3. The van der Waals surface area contributed by atoms with Crippen molar-refractivity contribution in [2.45, 2.75) is 122 Å². The maximum atomic E-state index is 11.8. The molecule has 0 saturated carbocycles. The molecule has 0 bridgehead atoms. The number of esters is 1. The maximum absolute atomic E-state index is 11.8. The molecule has 1 aliphatic heterocycles. The molecule has 3 heteroatoms. The van der Waals surface area contributed by atoms with E-state index in [2.05, 4.69) is 12.2 Å². The van der Waals surface area contributed by atoms with Gasteiger partial charge < -0.3 is 4.74 Å². The predicted octanol–water partition coefficient (Wildman–Crippen LogP) is 6.11. The van der Waals surface area contributed by atoms with Crippen LogP contribution in [0.2, 0.25) is 0 Å². The number of rotatable bonds is 15. The number of nitrogens with one attached hydrogen (secondary N) is 1. The van der Waals surface area contributed by atoms with Gasteiger partial charge in [-0.2, -0.15) is 0 Å². The van der Waals surface area contributed by atoms with Crippen LogP contribution in [0, 0.1) is 0 Å². The van der Waals surface area contributed by atoms with Crippen LogP contribution in [0.25, 0.3) is 0 Å². The second kappa shape index (κ2) is 15.9. The van der Waals surface area contributed by atoms with E-state index >= 15 is 0 Å². The van der Waals surface area contributed by atoms with Gasteiger partial charge in [0.15, 0.2) is 6.23 Å². The number of hydrogen-bond acceptors (Lipinski definition) is 3. The summed E-state index contributed by atoms with van der Waals surface area (Å²) in [4.78, 5) is 11.8. The summed E-state index contributed by atoms with van der Waals surface area (Å²) in [5.41, 5.74) is 0. The topological polar surface area (TPSA) is 38.3 Å². The minimum atomic E-state index is -0.0202. The van der Waals surface area contributed by atoms with Gasteiger partial charge in [-0.3, -0.25) is 10.1 Å². The van der Waals surface area contributed by atoms with E-state index in [-0.39, 0.29) is 12.2 Å². The Hall–Kier alpha value is -0.570. The SMILES string of the molecule is CCCCCCCCCCCCCCCC(=O)OC1CCCCN1. The highest BCUT2D eigenvalue weighted by Crippen LogP contribution is 2.14. The summed E-state index contributed by atoms with van der Waals surface area (Å²) in [5, 5.41) is 3.26. The Morgan fingerprint density at radius 2 is 1.38 bits per heavy atom. The lowest BCUT2D eigenvalue weighted by Gasteiger charge is -2.23. The molecule has 142 valence electrons. The van der Waals surface area contributed by atoms with E-state index in [1.807, 2.05) is 0 Å². The summed E-state index contributed by atoms with van der Waals surface area (Å²) in [5.74, 6) is -0.0162. The van der Waals surface area contributed by atoms with E-state index in [0.29, 0.717) is 6.42 Å². The first-order valence-corrected chi connectivity index (χ1v) is 10.8. The van der Waals surface area contributed by atoms with Gasteiger partial charge in [-0.25, -0.2) is 0 Å². The van der Waals surface area contributed by atoms with Gasteiger partial charge in [0.25, 0.3) is 0 Å². The monoisotopic (exact) mass is 339 g/mol. The fraction of sp³-hybridized carbons (Fsp3) is 0.952. The Morgan fingerprint density at radius 1 is 0.833 bits per heavy atom. The van der Waals surface area contributed by atoms with Crippen molar-refractivity contribution < 1.29 is 9.53 Å². The van der Waals surface area contributed by atoms with Gasteiger partial charge >= 0.3 is 5.97 Å². The quantitative estimate of drug-likeness (QED) is 0.289. The molecule has 0 aromatic rings. The molecule has 1 atom stereocenters. The van der Waals surface area contributed by atoms with Gasteiger partial charge in [0, 0.05) is 6.42 Å². The largest absolute Gasteiger partial charge is 0.447 e. The van der Waals surface area contributed by atoms with E-state index < -0.39 is 0 Å². The molecule has 0 aromatic carbocycles. The number of carbonyl (C=O) groups excluding carboxylic acids is 1. The summed E-state index contributed by atoms with van der Waals surface area (Å²) in [7, 11) is 0. The van der Waals surface area contributed by atoms with Crippen molar-refractivity contribution >= 4 is 5.97 Å². The summed E-state index contributed by atoms with van der Waals surface area (Å²) < 4.78 is 5.45. The van der Waals surface area contributed by atoms with Crippen LogP contribution in [0.15, 0.2) is 0 Å². The Balaban J connectivity index is 1.76. The molecule has 24 heavy (non-hydrogen) atoms. The van der Waals surface area contributed by atoms with E-state index in [4.69, 9.17) is 4.74 Å². The molecule has 1 aliphatic rings. The average Bonchev–Trinajstić information content (AvgIpc) is 2.60. The van der Waals surface area contributed by atoms with Gasteiger partial charge in [0.2, 0.25) is 0 Å². The second-order valence-electron chi connectivity index (χ2n) is 7.42. The Bertz CT molecular complexity index is 288. The molecule has 0 aromatic heterocycles. The van der Waals surface area contributed by atoms with Gasteiger partial charge in [-0.15, -0.1) is 0 Å². The standard InChI is InChI=1S/C21H41NO2/c1-2-3-4-5-6-7-8-9-10-11-12-13-14-18-21(23)24-20-17-15-16-19-22-20/h20,22H,2-19H2,1H3. The third-order valence-electron chi connectivity index (χ3n) is 5.02. The number of piperidine rings is 1. The van der Waals surface area contributed by atoms with Crippen LogP contribution < -0.4 is 5.32 Å². The molecule has 0 aliphatic carbocycles. The smallest absolute Gasteiger partial charge is 0.307 e. The van der Waals surface area contributed by atoms with Crippen molar-refractivity contribution in [2.24, 2.45) is 0 Å². The molecule has 1 saturated heterocycles. The Labute approximate surface area is 150 Å². The van der Waals surface area contributed by atoms with E-state index in [9.17, 15) is 4.79 Å². The highest BCUT2D eigenvalue weighted by atomic mass is 16.6. The van der Waals surface area contributed by atoms with Crippen molar-refractivity contribution in [2.75, 3.05) is 6.54 Å². The lowest BCUT2D eigenvalue weighted by Crippen LogP contribution is -2.37. The molecule has 1 heterocycles. The molecular formula is C21H41NO2. The second-order valence-corrected chi connectivity index (χ2v) is 7.42. The van der Waals surface area contributed by atoms with Crippen LogP contribution in [0.4, 0.5) is 0 Å². The molecular weight excluding hydrogens is 298 g/mol. The van der Waals surface area contributed by atoms with Crippen LogP contribution in [0.1, 0.15) is 116 Å². The van der Waals surface area contributed by atoms with Crippen LogP contribution >= 0.6 is 0 Å². The average molecular weight is 340 g/mol. The van der Waals surface area contributed by atoms with Crippen molar-refractivity contribution in [3.05, 3.63) is 0 Å². The molecule has 1 unspecified atom stereocenters.